The van der Waals surface area contributed by atoms with Crippen molar-refractivity contribution in [3.63, 3.8) is 0 Å². The van der Waals surface area contributed by atoms with Crippen LogP contribution >= 0.6 is 0 Å². The molecule has 0 saturated carbocycles. The standard InChI is InChI=1S/C17H25N3O2S.C8H6O/c1-2-3-4-12-23(21,22)16-13-19-17-14(16)6-5-7-15(17)20-10-8-18-9-11-20;1-2-4-8-7(3-1)5-6-9-8/h5-7,13,18-19H,2-4,8-12H2,1H3;1-6H. The van der Waals surface area contributed by atoms with Crippen molar-refractivity contribution in [1.82, 2.24) is 10.3 Å². The van der Waals surface area contributed by atoms with Crippen LogP contribution < -0.4 is 10.2 Å². The van der Waals surface area contributed by atoms with Gasteiger partial charge in [-0.3, -0.25) is 0 Å². The van der Waals surface area contributed by atoms with Crippen LogP contribution in [0.15, 0.2) is 70.3 Å². The van der Waals surface area contributed by atoms with Gasteiger partial charge in [0, 0.05) is 43.1 Å². The summed E-state index contributed by atoms with van der Waals surface area (Å²) >= 11 is 0. The number of nitrogens with one attached hydrogen (secondary N) is 2. The van der Waals surface area contributed by atoms with Gasteiger partial charge in [-0.1, -0.05) is 50.1 Å². The molecular formula is C25H31N3O3S. The summed E-state index contributed by atoms with van der Waals surface area (Å²) < 4.78 is 30.4. The van der Waals surface area contributed by atoms with Crippen molar-refractivity contribution in [2.45, 2.75) is 31.1 Å². The summed E-state index contributed by atoms with van der Waals surface area (Å²) in [6.07, 6.45) is 6.06. The molecule has 0 atom stereocenters. The molecule has 0 bridgehead atoms. The minimum absolute atomic E-state index is 0.228. The van der Waals surface area contributed by atoms with Crippen LogP contribution in [0.4, 0.5) is 5.69 Å². The van der Waals surface area contributed by atoms with Gasteiger partial charge in [-0.15, -0.1) is 0 Å². The Hall–Kier alpha value is -2.77. The number of rotatable bonds is 6. The number of aromatic amines is 1. The fourth-order valence-corrected chi connectivity index (χ4v) is 5.65. The number of aromatic nitrogens is 1. The minimum Gasteiger partial charge on any atom is -0.464 e. The van der Waals surface area contributed by atoms with Crippen molar-refractivity contribution >= 4 is 37.4 Å². The second kappa shape index (κ2) is 10.2. The van der Waals surface area contributed by atoms with E-state index in [1.165, 1.54) is 0 Å². The highest BCUT2D eigenvalue weighted by Gasteiger charge is 2.21. The largest absolute Gasteiger partial charge is 0.464 e. The zero-order chi connectivity index (χ0) is 22.4. The van der Waals surface area contributed by atoms with E-state index in [0.29, 0.717) is 4.90 Å². The summed E-state index contributed by atoms with van der Waals surface area (Å²) in [5.41, 5.74) is 2.99. The lowest BCUT2D eigenvalue weighted by Gasteiger charge is -2.29. The monoisotopic (exact) mass is 453 g/mol. The van der Waals surface area contributed by atoms with Crippen molar-refractivity contribution in [2.75, 3.05) is 36.8 Å². The first-order chi connectivity index (χ1) is 15.6. The molecule has 3 heterocycles. The topological polar surface area (TPSA) is 78.3 Å². The molecule has 2 aromatic carbocycles. The molecular weight excluding hydrogens is 422 g/mol. The van der Waals surface area contributed by atoms with Gasteiger partial charge in [-0.25, -0.2) is 8.42 Å². The maximum Gasteiger partial charge on any atom is 0.180 e. The lowest BCUT2D eigenvalue weighted by Crippen LogP contribution is -2.43. The van der Waals surface area contributed by atoms with E-state index in [-0.39, 0.29) is 5.75 Å². The third-order valence-electron chi connectivity index (χ3n) is 5.83. The first kappa shape index (κ1) is 22.4. The predicted octanol–water partition coefficient (Wildman–Crippen LogP) is 4.97. The van der Waals surface area contributed by atoms with Crippen LogP contribution in [-0.4, -0.2) is 45.3 Å². The quantitative estimate of drug-likeness (QED) is 0.403. The van der Waals surface area contributed by atoms with E-state index in [2.05, 4.69) is 28.2 Å². The van der Waals surface area contributed by atoms with Gasteiger partial charge < -0.3 is 19.6 Å². The Morgan fingerprint density at radius 2 is 1.81 bits per heavy atom. The van der Waals surface area contributed by atoms with Gasteiger partial charge in [0.15, 0.2) is 9.84 Å². The molecule has 170 valence electrons. The average Bonchev–Trinajstić information content (AvgIpc) is 3.47. The van der Waals surface area contributed by atoms with Crippen molar-refractivity contribution < 1.29 is 12.8 Å². The number of anilines is 1. The summed E-state index contributed by atoms with van der Waals surface area (Å²) in [5.74, 6) is 0.228. The summed E-state index contributed by atoms with van der Waals surface area (Å²) in [5, 5.41) is 5.32. The number of unbranched alkanes of at least 4 members (excludes halogenated alkanes) is 2. The van der Waals surface area contributed by atoms with Crippen LogP contribution in [0.1, 0.15) is 26.2 Å². The maximum atomic E-state index is 12.6. The van der Waals surface area contributed by atoms with Crippen LogP contribution in [0, 0.1) is 0 Å². The fourth-order valence-electron chi connectivity index (χ4n) is 4.10. The Morgan fingerprint density at radius 1 is 1.00 bits per heavy atom. The van der Waals surface area contributed by atoms with Gasteiger partial charge >= 0.3 is 0 Å². The van der Waals surface area contributed by atoms with E-state index in [4.69, 9.17) is 4.42 Å². The van der Waals surface area contributed by atoms with E-state index in [9.17, 15) is 8.42 Å². The van der Waals surface area contributed by atoms with E-state index in [0.717, 1.165) is 73.0 Å². The van der Waals surface area contributed by atoms with Gasteiger partial charge in [0.25, 0.3) is 0 Å². The highest BCUT2D eigenvalue weighted by atomic mass is 32.2. The highest BCUT2D eigenvalue weighted by Crippen LogP contribution is 2.31. The number of para-hydroxylation sites is 2. The molecule has 0 spiro atoms. The fraction of sp³-hybridized carbons (Fsp3) is 0.360. The van der Waals surface area contributed by atoms with Gasteiger partial charge in [0.05, 0.1) is 28.1 Å². The van der Waals surface area contributed by atoms with Crippen molar-refractivity contribution in [2.24, 2.45) is 0 Å². The Labute approximate surface area is 189 Å². The number of sulfone groups is 1. The molecule has 0 unspecified atom stereocenters. The third-order valence-corrected chi connectivity index (χ3v) is 7.66. The number of H-pyrrole nitrogens is 1. The number of piperazine rings is 1. The number of benzene rings is 2. The third kappa shape index (κ3) is 5.00. The first-order valence-electron chi connectivity index (χ1n) is 11.3. The van der Waals surface area contributed by atoms with Crippen LogP contribution in [-0.2, 0) is 9.84 Å². The number of hydrogen-bond acceptors (Lipinski definition) is 5. The lowest BCUT2D eigenvalue weighted by atomic mass is 10.2. The minimum atomic E-state index is -3.23. The molecule has 6 nitrogen and oxygen atoms in total. The number of fused-ring (bicyclic) bond motifs is 2. The van der Waals surface area contributed by atoms with Crippen LogP contribution in [0.25, 0.3) is 21.9 Å². The normalized spacial score (nSPS) is 14.5. The van der Waals surface area contributed by atoms with Gasteiger partial charge in [-0.05, 0) is 24.6 Å². The molecule has 0 radical (unpaired) electrons. The molecule has 1 aliphatic rings. The van der Waals surface area contributed by atoms with Gasteiger partial charge in [0.1, 0.15) is 5.58 Å². The average molecular weight is 454 g/mol. The van der Waals surface area contributed by atoms with Gasteiger partial charge in [0.2, 0.25) is 0 Å². The highest BCUT2D eigenvalue weighted by molar-refractivity contribution is 7.91. The first-order valence-corrected chi connectivity index (χ1v) is 13.0. The number of hydrogen-bond donors (Lipinski definition) is 2. The number of furan rings is 1. The predicted molar refractivity (Wildman–Crippen MR) is 131 cm³/mol. The molecule has 32 heavy (non-hydrogen) atoms. The molecule has 7 heteroatoms. The van der Waals surface area contributed by atoms with E-state index in [1.807, 2.05) is 42.5 Å². The van der Waals surface area contributed by atoms with Crippen LogP contribution in [0.5, 0.6) is 0 Å². The molecule has 1 aliphatic heterocycles. The van der Waals surface area contributed by atoms with Crippen molar-refractivity contribution in [3.05, 3.63) is 61.0 Å². The second-order valence-corrected chi connectivity index (χ2v) is 10.2. The molecule has 4 aromatic rings. The molecule has 1 fully saturated rings. The smallest absolute Gasteiger partial charge is 0.180 e. The lowest BCUT2D eigenvalue weighted by molar-refractivity contribution is 0.590. The Kier molecular flexibility index (Phi) is 7.17. The Bertz CT molecular complexity index is 1220. The summed E-state index contributed by atoms with van der Waals surface area (Å²) in [6.45, 7) is 5.88. The molecule has 2 N–H and O–H groups in total. The zero-order valence-corrected chi connectivity index (χ0v) is 19.3. The van der Waals surface area contributed by atoms with Crippen molar-refractivity contribution in [3.8, 4) is 0 Å². The molecule has 1 saturated heterocycles. The van der Waals surface area contributed by atoms with Crippen molar-refractivity contribution in [1.29, 1.82) is 0 Å². The summed E-state index contributed by atoms with van der Waals surface area (Å²) in [7, 11) is -3.23. The van der Waals surface area contributed by atoms with Crippen LogP contribution in [0.3, 0.4) is 0 Å². The van der Waals surface area contributed by atoms with E-state index >= 15 is 0 Å². The SMILES string of the molecule is CCCCCS(=O)(=O)c1c[nH]c2c(N3CCNCC3)cccc12.c1ccc2occc2c1. The summed E-state index contributed by atoms with van der Waals surface area (Å²) in [6, 6.07) is 15.8. The van der Waals surface area contributed by atoms with E-state index < -0.39 is 9.84 Å². The summed E-state index contributed by atoms with van der Waals surface area (Å²) in [4.78, 5) is 5.96. The Balaban J connectivity index is 0.000000225. The molecule has 5 rings (SSSR count). The van der Waals surface area contributed by atoms with Crippen LogP contribution in [0.2, 0.25) is 0 Å². The molecule has 2 aromatic heterocycles. The number of nitrogens with zero attached hydrogens (tertiary/aromatic N) is 1. The van der Waals surface area contributed by atoms with Gasteiger partial charge in [-0.2, -0.15) is 0 Å². The zero-order valence-electron chi connectivity index (χ0n) is 18.5. The van der Waals surface area contributed by atoms with E-state index in [1.54, 1.807) is 12.5 Å². The second-order valence-electron chi connectivity index (χ2n) is 8.07. The Morgan fingerprint density at radius 3 is 2.59 bits per heavy atom. The molecule has 0 amide bonds. The maximum absolute atomic E-state index is 12.6. The molecule has 0 aliphatic carbocycles.